The first-order chi connectivity index (χ1) is 8.50. The third-order valence-electron chi connectivity index (χ3n) is 2.08. The Kier molecular flexibility index (Phi) is 3.68. The van der Waals surface area contributed by atoms with Gasteiger partial charge in [-0.2, -0.15) is 0 Å². The van der Waals surface area contributed by atoms with Crippen LogP contribution < -0.4 is 10.5 Å². The van der Waals surface area contributed by atoms with Gasteiger partial charge in [0.2, 0.25) is 0 Å². The van der Waals surface area contributed by atoms with E-state index < -0.39 is 17.4 Å². The molecule has 7 heteroatoms. The van der Waals surface area contributed by atoms with E-state index in [0.717, 1.165) is 12.1 Å². The van der Waals surface area contributed by atoms with E-state index in [-0.39, 0.29) is 16.6 Å². The Bertz CT molecular complexity index is 590. The molecule has 2 N–H and O–H groups in total. The molecular formula is C11H6BrClF2N2O. The number of nitrogen functional groups attached to an aromatic ring is 1. The summed E-state index contributed by atoms with van der Waals surface area (Å²) in [6.45, 7) is 0. The molecule has 0 saturated carbocycles. The number of para-hydroxylation sites is 1. The van der Waals surface area contributed by atoms with Crippen molar-refractivity contribution in [3.63, 3.8) is 0 Å². The molecule has 0 atom stereocenters. The van der Waals surface area contributed by atoms with E-state index in [0.29, 0.717) is 4.47 Å². The monoisotopic (exact) mass is 334 g/mol. The number of benzene rings is 1. The molecule has 2 aromatic rings. The fraction of sp³-hybridized carbons (Fsp3) is 0. The van der Waals surface area contributed by atoms with Gasteiger partial charge in [0.15, 0.2) is 23.1 Å². The van der Waals surface area contributed by atoms with Crippen LogP contribution in [0.25, 0.3) is 0 Å². The molecule has 0 fully saturated rings. The van der Waals surface area contributed by atoms with Gasteiger partial charge in [0.25, 0.3) is 0 Å². The molecule has 0 bridgehead atoms. The molecule has 0 saturated heterocycles. The quantitative estimate of drug-likeness (QED) is 0.897. The van der Waals surface area contributed by atoms with Crippen molar-refractivity contribution in [2.45, 2.75) is 0 Å². The number of rotatable bonds is 2. The maximum Gasteiger partial charge on any atom is 0.198 e. The summed E-state index contributed by atoms with van der Waals surface area (Å²) in [5.41, 5.74) is 5.49. The van der Waals surface area contributed by atoms with Crippen LogP contribution in [0.1, 0.15) is 0 Å². The number of hydrogen-bond donors (Lipinski definition) is 1. The number of aromatic nitrogens is 1. The van der Waals surface area contributed by atoms with Crippen LogP contribution in [0.4, 0.5) is 14.6 Å². The van der Waals surface area contributed by atoms with Crippen LogP contribution in [-0.4, -0.2) is 4.98 Å². The molecule has 0 aliphatic carbocycles. The fourth-order valence-electron chi connectivity index (χ4n) is 1.24. The van der Waals surface area contributed by atoms with Crippen LogP contribution in [0.2, 0.25) is 5.02 Å². The van der Waals surface area contributed by atoms with E-state index in [1.54, 1.807) is 0 Å². The normalized spacial score (nSPS) is 10.4. The van der Waals surface area contributed by atoms with Crippen molar-refractivity contribution in [3.05, 3.63) is 45.5 Å². The van der Waals surface area contributed by atoms with Gasteiger partial charge in [0.1, 0.15) is 10.8 Å². The van der Waals surface area contributed by atoms with Crippen LogP contribution >= 0.6 is 27.5 Å². The molecule has 1 heterocycles. The second-order valence-electron chi connectivity index (χ2n) is 3.29. The lowest BCUT2D eigenvalue weighted by molar-refractivity contribution is 0.405. The highest BCUT2D eigenvalue weighted by molar-refractivity contribution is 9.10. The Morgan fingerprint density at radius 1 is 1.22 bits per heavy atom. The predicted octanol–water partition coefficient (Wildman–Crippen LogP) is 4.15. The smallest absolute Gasteiger partial charge is 0.198 e. The van der Waals surface area contributed by atoms with Crippen molar-refractivity contribution in [1.29, 1.82) is 0 Å². The van der Waals surface area contributed by atoms with Crippen molar-refractivity contribution in [2.75, 3.05) is 5.73 Å². The molecule has 94 valence electrons. The van der Waals surface area contributed by atoms with E-state index in [1.165, 1.54) is 12.3 Å². The molecule has 1 aromatic carbocycles. The minimum absolute atomic E-state index is 0.00612. The minimum Gasteiger partial charge on any atom is -0.448 e. The molecule has 0 radical (unpaired) electrons. The summed E-state index contributed by atoms with van der Waals surface area (Å²) in [5, 5.41) is -0.0213. The summed E-state index contributed by atoms with van der Waals surface area (Å²) >= 11 is 8.98. The van der Waals surface area contributed by atoms with Gasteiger partial charge in [-0.1, -0.05) is 17.7 Å². The first-order valence-electron chi connectivity index (χ1n) is 4.72. The Morgan fingerprint density at radius 2 is 1.83 bits per heavy atom. The third-order valence-corrected chi connectivity index (χ3v) is 3.01. The molecule has 0 spiro atoms. The molecule has 0 unspecified atom stereocenters. The number of anilines is 1. The van der Waals surface area contributed by atoms with Gasteiger partial charge >= 0.3 is 0 Å². The van der Waals surface area contributed by atoms with Crippen LogP contribution in [0.3, 0.4) is 0 Å². The minimum atomic E-state index is -0.839. The van der Waals surface area contributed by atoms with Gasteiger partial charge in [0.05, 0.1) is 4.47 Å². The summed E-state index contributed by atoms with van der Waals surface area (Å²) in [6, 6.07) is 3.38. The Balaban J connectivity index is 2.50. The van der Waals surface area contributed by atoms with Crippen LogP contribution in [0, 0.1) is 11.6 Å². The summed E-state index contributed by atoms with van der Waals surface area (Å²) in [5.74, 6) is -2.22. The first-order valence-corrected chi connectivity index (χ1v) is 5.89. The average Bonchev–Trinajstić information content (AvgIpc) is 2.33. The van der Waals surface area contributed by atoms with E-state index >= 15 is 0 Å². The SMILES string of the molecule is Nc1ncc(Br)c(Oc2c(F)cccc2F)c1Cl. The summed E-state index contributed by atoms with van der Waals surface area (Å²) in [4.78, 5) is 3.76. The van der Waals surface area contributed by atoms with E-state index in [9.17, 15) is 8.78 Å². The van der Waals surface area contributed by atoms with E-state index in [1.807, 2.05) is 0 Å². The van der Waals surface area contributed by atoms with Crippen molar-refractivity contribution in [3.8, 4) is 11.5 Å². The molecule has 18 heavy (non-hydrogen) atoms. The Morgan fingerprint density at radius 3 is 2.44 bits per heavy atom. The van der Waals surface area contributed by atoms with Gasteiger partial charge in [-0.3, -0.25) is 0 Å². The number of nitrogens with zero attached hydrogens (tertiary/aromatic N) is 1. The van der Waals surface area contributed by atoms with Crippen molar-refractivity contribution in [1.82, 2.24) is 4.98 Å². The van der Waals surface area contributed by atoms with Crippen molar-refractivity contribution < 1.29 is 13.5 Å². The van der Waals surface area contributed by atoms with Crippen LogP contribution in [0.5, 0.6) is 11.5 Å². The Labute approximate surface area is 115 Å². The van der Waals surface area contributed by atoms with Gasteiger partial charge in [-0.25, -0.2) is 13.8 Å². The largest absolute Gasteiger partial charge is 0.448 e. The Hall–Kier alpha value is -1.40. The second kappa shape index (κ2) is 5.07. The zero-order valence-electron chi connectivity index (χ0n) is 8.75. The lowest BCUT2D eigenvalue weighted by Gasteiger charge is -2.11. The topological polar surface area (TPSA) is 48.1 Å². The predicted molar refractivity (Wildman–Crippen MR) is 67.8 cm³/mol. The second-order valence-corrected chi connectivity index (χ2v) is 4.52. The van der Waals surface area contributed by atoms with E-state index in [4.69, 9.17) is 22.1 Å². The van der Waals surface area contributed by atoms with Gasteiger partial charge < -0.3 is 10.5 Å². The lowest BCUT2D eigenvalue weighted by atomic mass is 10.3. The number of halogens is 4. The number of pyridine rings is 1. The molecule has 0 aliphatic rings. The van der Waals surface area contributed by atoms with Gasteiger partial charge in [-0.05, 0) is 28.1 Å². The number of ether oxygens (including phenoxy) is 1. The highest BCUT2D eigenvalue weighted by Crippen LogP contribution is 2.39. The molecular weight excluding hydrogens is 329 g/mol. The third kappa shape index (κ3) is 2.39. The van der Waals surface area contributed by atoms with E-state index in [2.05, 4.69) is 20.9 Å². The van der Waals surface area contributed by atoms with Gasteiger partial charge in [-0.15, -0.1) is 0 Å². The van der Waals surface area contributed by atoms with Gasteiger partial charge in [0, 0.05) is 6.20 Å². The summed E-state index contributed by atoms with van der Waals surface area (Å²) in [6.07, 6.45) is 1.33. The molecule has 0 aliphatic heterocycles. The molecule has 0 amide bonds. The number of nitrogens with two attached hydrogens (primary N) is 1. The average molecular weight is 336 g/mol. The highest BCUT2D eigenvalue weighted by Gasteiger charge is 2.17. The highest BCUT2D eigenvalue weighted by atomic mass is 79.9. The molecule has 2 rings (SSSR count). The molecule has 1 aromatic heterocycles. The summed E-state index contributed by atoms with van der Waals surface area (Å²) < 4.78 is 32.3. The first kappa shape index (κ1) is 13.0. The van der Waals surface area contributed by atoms with Crippen LogP contribution in [0.15, 0.2) is 28.9 Å². The maximum atomic E-state index is 13.4. The fourth-order valence-corrected chi connectivity index (χ4v) is 1.92. The van der Waals surface area contributed by atoms with Crippen LogP contribution in [-0.2, 0) is 0 Å². The van der Waals surface area contributed by atoms with Crippen molar-refractivity contribution >= 4 is 33.3 Å². The maximum absolute atomic E-state index is 13.4. The zero-order chi connectivity index (χ0) is 13.3. The molecule has 3 nitrogen and oxygen atoms in total. The zero-order valence-corrected chi connectivity index (χ0v) is 11.1. The standard InChI is InChI=1S/C11H6BrClF2N2O/c12-5-4-17-11(16)8(13)9(5)18-10-6(14)2-1-3-7(10)15/h1-4H,(H2,16,17). The summed E-state index contributed by atoms with van der Waals surface area (Å²) in [7, 11) is 0. The number of hydrogen-bond acceptors (Lipinski definition) is 3. The van der Waals surface area contributed by atoms with Crippen molar-refractivity contribution in [2.24, 2.45) is 0 Å². The lowest BCUT2D eigenvalue weighted by Crippen LogP contribution is -1.97.